The second kappa shape index (κ2) is 14.4. The molecule has 27 heavy (non-hydrogen) atoms. The summed E-state index contributed by atoms with van der Waals surface area (Å²) < 4.78 is 5.49. The highest BCUT2D eigenvalue weighted by atomic mass is 127. The molecule has 2 aliphatic rings. The van der Waals surface area contributed by atoms with Crippen molar-refractivity contribution in [1.29, 1.82) is 0 Å². The molecule has 1 heterocycles. The zero-order valence-electron chi connectivity index (χ0n) is 17.2. The van der Waals surface area contributed by atoms with Crippen molar-refractivity contribution >= 4 is 35.9 Å². The van der Waals surface area contributed by atoms with Crippen molar-refractivity contribution in [2.45, 2.75) is 83.8 Å². The van der Waals surface area contributed by atoms with E-state index in [1.54, 1.807) is 0 Å². The number of hydrogen-bond acceptors (Lipinski definition) is 4. The number of hydrogen-bond donors (Lipinski definition) is 2. The Labute approximate surface area is 182 Å². The van der Waals surface area contributed by atoms with E-state index >= 15 is 0 Å². The third kappa shape index (κ3) is 9.96. The number of nitrogens with zero attached hydrogens (tertiary/aromatic N) is 2. The van der Waals surface area contributed by atoms with E-state index in [9.17, 15) is 4.79 Å². The molecule has 1 aliphatic heterocycles. The first-order chi connectivity index (χ1) is 12.7. The predicted molar refractivity (Wildman–Crippen MR) is 122 cm³/mol. The summed E-state index contributed by atoms with van der Waals surface area (Å²) >= 11 is 0. The van der Waals surface area contributed by atoms with Crippen LogP contribution in [0.4, 0.5) is 0 Å². The average Bonchev–Trinajstić information content (AvgIpc) is 3.13. The first-order valence-corrected chi connectivity index (χ1v) is 10.7. The molecule has 2 rings (SSSR count). The van der Waals surface area contributed by atoms with Crippen molar-refractivity contribution in [2.24, 2.45) is 4.99 Å². The van der Waals surface area contributed by atoms with Crippen LogP contribution in [0.3, 0.4) is 0 Å². The summed E-state index contributed by atoms with van der Waals surface area (Å²) in [5, 5.41) is 6.88. The van der Waals surface area contributed by atoms with Crippen molar-refractivity contribution in [3.8, 4) is 0 Å². The van der Waals surface area contributed by atoms with Gasteiger partial charge < -0.3 is 20.3 Å². The molecule has 2 N–H and O–H groups in total. The second-order valence-electron chi connectivity index (χ2n) is 7.52. The first-order valence-electron chi connectivity index (χ1n) is 10.7. The molecule has 158 valence electrons. The molecule has 0 spiro atoms. The monoisotopic (exact) mass is 494 g/mol. The molecule has 1 aliphatic carbocycles. The number of ether oxygens (including phenoxy) is 1. The number of piperidine rings is 1. The lowest BCUT2D eigenvalue weighted by Gasteiger charge is -2.32. The fourth-order valence-electron chi connectivity index (χ4n) is 3.80. The van der Waals surface area contributed by atoms with Crippen LogP contribution in [0.25, 0.3) is 0 Å². The summed E-state index contributed by atoms with van der Waals surface area (Å²) in [4.78, 5) is 19.0. The summed E-state index contributed by atoms with van der Waals surface area (Å²) in [5.41, 5.74) is 0. The largest absolute Gasteiger partial charge is 0.462 e. The van der Waals surface area contributed by atoms with Crippen LogP contribution in [-0.4, -0.2) is 61.7 Å². The van der Waals surface area contributed by atoms with E-state index in [1.807, 2.05) is 0 Å². The molecule has 0 amide bonds. The molecular weight excluding hydrogens is 455 g/mol. The number of carbonyl (C=O) groups excluding carboxylic acids is 1. The van der Waals surface area contributed by atoms with E-state index in [2.05, 4.69) is 34.4 Å². The molecule has 1 saturated carbocycles. The van der Waals surface area contributed by atoms with Gasteiger partial charge in [-0.15, -0.1) is 24.0 Å². The lowest BCUT2D eigenvalue weighted by Crippen LogP contribution is -2.48. The molecule has 0 bridgehead atoms. The third-order valence-electron chi connectivity index (χ3n) is 5.22. The smallest absolute Gasteiger partial charge is 0.306 e. The number of esters is 1. The van der Waals surface area contributed by atoms with E-state index in [1.165, 1.54) is 25.8 Å². The summed E-state index contributed by atoms with van der Waals surface area (Å²) in [5.74, 6) is 0.818. The lowest BCUT2D eigenvalue weighted by molar-refractivity contribution is -0.148. The zero-order chi connectivity index (χ0) is 18.6. The molecule has 1 saturated heterocycles. The summed E-state index contributed by atoms with van der Waals surface area (Å²) in [6.45, 7) is 9.37. The average molecular weight is 494 g/mol. The molecule has 7 heteroatoms. The second-order valence-corrected chi connectivity index (χ2v) is 7.52. The SMILES string of the molecule is CCCN1CCC(NC(=NCCCC(=O)OC2CCCC2)NCC)CC1.I. The van der Waals surface area contributed by atoms with Crippen LogP contribution >= 0.6 is 24.0 Å². The number of halogens is 1. The van der Waals surface area contributed by atoms with Gasteiger partial charge in [0.1, 0.15) is 6.10 Å². The van der Waals surface area contributed by atoms with Gasteiger partial charge in [-0.1, -0.05) is 6.92 Å². The highest BCUT2D eigenvalue weighted by molar-refractivity contribution is 14.0. The van der Waals surface area contributed by atoms with E-state index in [4.69, 9.17) is 4.74 Å². The number of aliphatic imine (C=N–C) groups is 1. The van der Waals surface area contributed by atoms with E-state index < -0.39 is 0 Å². The predicted octanol–water partition coefficient (Wildman–Crippen LogP) is 3.30. The quantitative estimate of drug-likeness (QED) is 0.169. The minimum atomic E-state index is -0.0617. The molecule has 2 fully saturated rings. The molecule has 0 aromatic heterocycles. The number of carbonyl (C=O) groups is 1. The van der Waals surface area contributed by atoms with Gasteiger partial charge in [-0.3, -0.25) is 9.79 Å². The summed E-state index contributed by atoms with van der Waals surface area (Å²) in [6, 6.07) is 0.494. The Kier molecular flexibility index (Phi) is 13.1. The van der Waals surface area contributed by atoms with Gasteiger partial charge in [-0.25, -0.2) is 0 Å². The molecule has 6 nitrogen and oxygen atoms in total. The molecule has 0 aromatic rings. The van der Waals surface area contributed by atoms with Gasteiger partial charge >= 0.3 is 5.97 Å². The van der Waals surface area contributed by atoms with Crippen molar-refractivity contribution in [2.75, 3.05) is 32.7 Å². The fourth-order valence-corrected chi connectivity index (χ4v) is 3.80. The normalized spacial score (nSPS) is 19.6. The highest BCUT2D eigenvalue weighted by Crippen LogP contribution is 2.21. The van der Waals surface area contributed by atoms with Gasteiger partial charge in [-0.2, -0.15) is 0 Å². The van der Waals surface area contributed by atoms with Crippen LogP contribution < -0.4 is 10.6 Å². The van der Waals surface area contributed by atoms with Crippen molar-refractivity contribution in [3.63, 3.8) is 0 Å². The number of likely N-dealkylation sites (tertiary alicyclic amines) is 1. The third-order valence-corrected chi connectivity index (χ3v) is 5.22. The standard InChI is InChI=1S/C20H38N4O2.HI/c1-3-14-24-15-11-17(12-16-24)23-20(21-4-2)22-13-7-10-19(25)26-18-8-5-6-9-18;/h17-18H,3-16H2,1-2H3,(H2,21,22,23);1H. The van der Waals surface area contributed by atoms with Crippen molar-refractivity contribution in [3.05, 3.63) is 0 Å². The van der Waals surface area contributed by atoms with Gasteiger partial charge in [0.15, 0.2) is 5.96 Å². The Morgan fingerprint density at radius 2 is 1.85 bits per heavy atom. The van der Waals surface area contributed by atoms with Gasteiger partial charge in [0.25, 0.3) is 0 Å². The Morgan fingerprint density at radius 1 is 1.15 bits per heavy atom. The Balaban J connectivity index is 0.00000364. The van der Waals surface area contributed by atoms with Gasteiger partial charge in [-0.05, 0) is 64.8 Å². The van der Waals surface area contributed by atoms with Gasteiger partial charge in [0, 0.05) is 38.6 Å². The lowest BCUT2D eigenvalue weighted by atomic mass is 10.1. The van der Waals surface area contributed by atoms with E-state index in [-0.39, 0.29) is 36.0 Å². The highest BCUT2D eigenvalue weighted by Gasteiger charge is 2.20. The number of guanidine groups is 1. The van der Waals surface area contributed by atoms with Crippen LogP contribution in [0.5, 0.6) is 0 Å². The Morgan fingerprint density at radius 3 is 2.48 bits per heavy atom. The maximum absolute atomic E-state index is 11.9. The minimum absolute atomic E-state index is 0. The summed E-state index contributed by atoms with van der Waals surface area (Å²) in [6.07, 6.45) is 9.40. The fraction of sp³-hybridized carbons (Fsp3) is 0.900. The van der Waals surface area contributed by atoms with Crippen LogP contribution in [-0.2, 0) is 9.53 Å². The van der Waals surface area contributed by atoms with Gasteiger partial charge in [0.05, 0.1) is 0 Å². The molecule has 0 aromatic carbocycles. The van der Waals surface area contributed by atoms with Crippen LogP contribution in [0.15, 0.2) is 4.99 Å². The van der Waals surface area contributed by atoms with Crippen LogP contribution in [0, 0.1) is 0 Å². The topological polar surface area (TPSA) is 66.0 Å². The van der Waals surface area contributed by atoms with Crippen molar-refractivity contribution in [1.82, 2.24) is 15.5 Å². The van der Waals surface area contributed by atoms with Crippen LogP contribution in [0.1, 0.15) is 71.6 Å². The van der Waals surface area contributed by atoms with Crippen molar-refractivity contribution < 1.29 is 9.53 Å². The number of rotatable bonds is 9. The molecule has 0 unspecified atom stereocenters. The van der Waals surface area contributed by atoms with Crippen LogP contribution in [0.2, 0.25) is 0 Å². The zero-order valence-corrected chi connectivity index (χ0v) is 19.5. The first kappa shape index (κ1) is 24.5. The molecule has 0 radical (unpaired) electrons. The minimum Gasteiger partial charge on any atom is -0.462 e. The molecular formula is C20H39IN4O2. The number of nitrogens with one attached hydrogen (secondary N) is 2. The molecule has 0 atom stereocenters. The van der Waals surface area contributed by atoms with E-state index in [0.29, 0.717) is 19.0 Å². The Bertz CT molecular complexity index is 434. The van der Waals surface area contributed by atoms with Gasteiger partial charge in [0.2, 0.25) is 0 Å². The Hall–Kier alpha value is -0.570. The maximum Gasteiger partial charge on any atom is 0.306 e. The summed E-state index contributed by atoms with van der Waals surface area (Å²) in [7, 11) is 0. The maximum atomic E-state index is 11.9. The van der Waals surface area contributed by atoms with E-state index in [0.717, 1.165) is 57.7 Å².